The summed E-state index contributed by atoms with van der Waals surface area (Å²) in [4.78, 5) is 12.6. The largest absolute Gasteiger partial charge is 0.396 e. The molecular formula is C17H29N3O4. The summed E-state index contributed by atoms with van der Waals surface area (Å²) >= 11 is 0. The number of nitrogens with one attached hydrogen (secondary N) is 1. The molecule has 2 heterocycles. The first-order valence-electron chi connectivity index (χ1n) is 8.42. The van der Waals surface area contributed by atoms with Gasteiger partial charge in [0.25, 0.3) is 5.91 Å². The summed E-state index contributed by atoms with van der Waals surface area (Å²) in [7, 11) is 1.64. The number of methoxy groups -OCH3 is 1. The Morgan fingerprint density at radius 2 is 2.21 bits per heavy atom. The van der Waals surface area contributed by atoms with Crippen molar-refractivity contribution < 1.29 is 19.4 Å². The molecule has 0 saturated heterocycles. The van der Waals surface area contributed by atoms with E-state index in [0.29, 0.717) is 31.8 Å². The maximum atomic E-state index is 12.6. The van der Waals surface area contributed by atoms with Crippen LogP contribution in [0.1, 0.15) is 55.5 Å². The van der Waals surface area contributed by atoms with Crippen LogP contribution in [0.2, 0.25) is 0 Å². The maximum absolute atomic E-state index is 12.6. The number of fused-ring (bicyclic) bond motifs is 1. The van der Waals surface area contributed by atoms with Gasteiger partial charge in [-0.15, -0.1) is 0 Å². The van der Waals surface area contributed by atoms with Gasteiger partial charge < -0.3 is 19.9 Å². The summed E-state index contributed by atoms with van der Waals surface area (Å²) in [5.74, 6) is -0.203. The highest BCUT2D eigenvalue weighted by atomic mass is 16.5. The van der Waals surface area contributed by atoms with E-state index in [9.17, 15) is 9.90 Å². The van der Waals surface area contributed by atoms with Crippen LogP contribution in [-0.4, -0.2) is 53.8 Å². The number of carbonyl (C=O) groups excluding carboxylic acids is 1. The van der Waals surface area contributed by atoms with Gasteiger partial charge in [0.1, 0.15) is 0 Å². The molecule has 0 saturated carbocycles. The van der Waals surface area contributed by atoms with Crippen LogP contribution >= 0.6 is 0 Å². The van der Waals surface area contributed by atoms with Crippen LogP contribution < -0.4 is 5.32 Å². The molecule has 2 rings (SSSR count). The van der Waals surface area contributed by atoms with Crippen molar-refractivity contribution in [3.63, 3.8) is 0 Å². The molecule has 0 radical (unpaired) electrons. The van der Waals surface area contributed by atoms with Crippen molar-refractivity contribution in [3.05, 3.63) is 17.0 Å². The van der Waals surface area contributed by atoms with Gasteiger partial charge in [-0.05, 0) is 13.8 Å². The molecule has 24 heavy (non-hydrogen) atoms. The average Bonchev–Trinajstić information content (AvgIpc) is 2.89. The quantitative estimate of drug-likeness (QED) is 0.782. The zero-order chi connectivity index (χ0) is 17.9. The molecule has 0 aliphatic carbocycles. The monoisotopic (exact) mass is 339 g/mol. The van der Waals surface area contributed by atoms with E-state index in [1.807, 2.05) is 32.4 Å². The zero-order valence-electron chi connectivity index (χ0n) is 15.3. The SMILES string of the molecule is COCCn1nc(C(=O)NCC(C)(C)CO)c2c1[C@H](C)O[C@H](C)C2. The number of ether oxygens (including phenoxy) is 2. The van der Waals surface area contributed by atoms with Crippen LogP contribution in [0.15, 0.2) is 0 Å². The highest BCUT2D eigenvalue weighted by Gasteiger charge is 2.32. The lowest BCUT2D eigenvalue weighted by Crippen LogP contribution is -2.37. The highest BCUT2D eigenvalue weighted by molar-refractivity contribution is 5.94. The Morgan fingerprint density at radius 1 is 1.50 bits per heavy atom. The third kappa shape index (κ3) is 4.15. The molecule has 7 heteroatoms. The van der Waals surface area contributed by atoms with Crippen LogP contribution in [0, 0.1) is 5.41 Å². The molecule has 0 spiro atoms. The standard InChI is InChI=1S/C17H29N3O4/c1-11-8-13-14(16(22)18-9-17(3,4)10-21)19-20(6-7-23-5)15(13)12(2)24-11/h11-12,21H,6-10H2,1-5H3,(H,18,22)/t11-,12+/m1/s1. The van der Waals surface area contributed by atoms with E-state index < -0.39 is 0 Å². The highest BCUT2D eigenvalue weighted by Crippen LogP contribution is 2.32. The van der Waals surface area contributed by atoms with Crippen LogP contribution in [0.5, 0.6) is 0 Å². The number of rotatable bonds is 7. The first-order chi connectivity index (χ1) is 11.3. The molecule has 0 unspecified atom stereocenters. The second-order valence-corrected chi connectivity index (χ2v) is 7.23. The second kappa shape index (κ2) is 7.63. The van der Waals surface area contributed by atoms with Crippen LogP contribution in [0.4, 0.5) is 0 Å². The van der Waals surface area contributed by atoms with Crippen LogP contribution in [0.25, 0.3) is 0 Å². The molecule has 0 bridgehead atoms. The van der Waals surface area contributed by atoms with E-state index in [2.05, 4.69) is 10.4 Å². The summed E-state index contributed by atoms with van der Waals surface area (Å²) in [6.45, 7) is 9.29. The Kier molecular flexibility index (Phi) is 6.01. The van der Waals surface area contributed by atoms with Gasteiger partial charge in [0.2, 0.25) is 0 Å². The van der Waals surface area contributed by atoms with Crippen LogP contribution in [-0.2, 0) is 22.4 Å². The van der Waals surface area contributed by atoms with Gasteiger partial charge in [-0.3, -0.25) is 9.48 Å². The second-order valence-electron chi connectivity index (χ2n) is 7.23. The lowest BCUT2D eigenvalue weighted by atomic mass is 9.94. The fourth-order valence-electron chi connectivity index (χ4n) is 2.91. The molecule has 136 valence electrons. The van der Waals surface area contributed by atoms with Gasteiger partial charge in [-0.2, -0.15) is 5.10 Å². The zero-order valence-corrected chi connectivity index (χ0v) is 15.3. The van der Waals surface area contributed by atoms with E-state index in [4.69, 9.17) is 9.47 Å². The Morgan fingerprint density at radius 3 is 2.83 bits per heavy atom. The fourth-order valence-corrected chi connectivity index (χ4v) is 2.91. The molecular weight excluding hydrogens is 310 g/mol. The van der Waals surface area contributed by atoms with E-state index in [1.54, 1.807) is 7.11 Å². The Labute approximate surface area is 143 Å². The first-order valence-corrected chi connectivity index (χ1v) is 8.42. The van der Waals surface area contributed by atoms with E-state index in [-0.39, 0.29) is 30.1 Å². The van der Waals surface area contributed by atoms with Crippen molar-refractivity contribution in [1.82, 2.24) is 15.1 Å². The molecule has 1 aliphatic rings. The number of aromatic nitrogens is 2. The number of hydrogen-bond acceptors (Lipinski definition) is 5. The van der Waals surface area contributed by atoms with E-state index in [1.165, 1.54) is 0 Å². The molecule has 2 atom stereocenters. The molecule has 0 fully saturated rings. The van der Waals surface area contributed by atoms with E-state index in [0.717, 1.165) is 11.3 Å². The van der Waals surface area contributed by atoms with E-state index >= 15 is 0 Å². The molecule has 2 N–H and O–H groups in total. The van der Waals surface area contributed by atoms with Gasteiger partial charge in [0.15, 0.2) is 5.69 Å². The number of carbonyl (C=O) groups is 1. The molecule has 1 aliphatic heterocycles. The molecule has 7 nitrogen and oxygen atoms in total. The summed E-state index contributed by atoms with van der Waals surface area (Å²) in [5.41, 5.74) is 2.00. The summed E-state index contributed by atoms with van der Waals surface area (Å²) in [5, 5.41) is 16.8. The predicted octanol–water partition coefficient (Wildman–Crippen LogP) is 1.30. The van der Waals surface area contributed by atoms with Crippen molar-refractivity contribution in [1.29, 1.82) is 0 Å². The minimum atomic E-state index is -0.363. The smallest absolute Gasteiger partial charge is 0.272 e. The first kappa shape index (κ1) is 18.9. The Balaban J connectivity index is 2.27. The third-order valence-corrected chi connectivity index (χ3v) is 4.28. The van der Waals surface area contributed by atoms with Gasteiger partial charge in [0, 0.05) is 37.7 Å². The summed E-state index contributed by atoms with van der Waals surface area (Å²) in [6.07, 6.45) is 0.607. The Hall–Kier alpha value is -1.44. The topological polar surface area (TPSA) is 85.6 Å². The fraction of sp³-hybridized carbons (Fsp3) is 0.765. The minimum Gasteiger partial charge on any atom is -0.396 e. The molecule has 1 amide bonds. The van der Waals surface area contributed by atoms with Crippen molar-refractivity contribution in [2.24, 2.45) is 5.41 Å². The molecule has 0 aromatic carbocycles. The summed E-state index contributed by atoms with van der Waals surface area (Å²) < 4.78 is 12.9. The number of nitrogens with zero attached hydrogens (tertiary/aromatic N) is 2. The predicted molar refractivity (Wildman–Crippen MR) is 90.0 cm³/mol. The average molecular weight is 339 g/mol. The van der Waals surface area contributed by atoms with Gasteiger partial charge in [-0.1, -0.05) is 13.8 Å². The van der Waals surface area contributed by atoms with Gasteiger partial charge >= 0.3 is 0 Å². The van der Waals surface area contributed by atoms with Crippen LogP contribution in [0.3, 0.4) is 0 Å². The van der Waals surface area contributed by atoms with Crippen molar-refractivity contribution in [2.75, 3.05) is 26.9 Å². The normalized spacial score (nSPS) is 20.8. The molecule has 1 aromatic heterocycles. The van der Waals surface area contributed by atoms with Gasteiger partial charge in [0.05, 0.1) is 31.1 Å². The number of hydrogen-bond donors (Lipinski definition) is 2. The van der Waals surface area contributed by atoms with Gasteiger partial charge in [-0.25, -0.2) is 0 Å². The molecule has 1 aromatic rings. The third-order valence-electron chi connectivity index (χ3n) is 4.28. The van der Waals surface area contributed by atoms with Crippen molar-refractivity contribution >= 4 is 5.91 Å². The lowest BCUT2D eigenvalue weighted by molar-refractivity contribution is -0.0101. The van der Waals surface area contributed by atoms with Crippen molar-refractivity contribution in [2.45, 2.75) is 52.9 Å². The minimum absolute atomic E-state index is 0.00950. The maximum Gasteiger partial charge on any atom is 0.272 e. The Bertz CT molecular complexity index is 583. The summed E-state index contributed by atoms with van der Waals surface area (Å²) in [6, 6.07) is 0. The van der Waals surface area contributed by atoms with Crippen molar-refractivity contribution in [3.8, 4) is 0 Å². The number of aliphatic hydroxyl groups is 1. The lowest BCUT2D eigenvalue weighted by Gasteiger charge is -2.27. The number of aliphatic hydroxyl groups excluding tert-OH is 1. The number of amides is 1.